The van der Waals surface area contributed by atoms with E-state index < -0.39 is 28.7 Å². The summed E-state index contributed by atoms with van der Waals surface area (Å²) in [5.74, 6) is -2.20. The van der Waals surface area contributed by atoms with Crippen LogP contribution in [-0.2, 0) is 9.59 Å². The van der Waals surface area contributed by atoms with Crippen LogP contribution in [0.25, 0.3) is 6.08 Å². The van der Waals surface area contributed by atoms with E-state index in [0.29, 0.717) is 11.3 Å². The van der Waals surface area contributed by atoms with Crippen LogP contribution in [0.2, 0.25) is 0 Å². The number of imide groups is 2. The fourth-order valence-electron chi connectivity index (χ4n) is 3.49. The molecule has 1 saturated heterocycles. The molecule has 0 bridgehead atoms. The molecule has 3 aromatic carbocycles. The van der Waals surface area contributed by atoms with E-state index in [2.05, 4.69) is 27.9 Å². The van der Waals surface area contributed by atoms with E-state index in [0.717, 1.165) is 8.47 Å². The van der Waals surface area contributed by atoms with Crippen molar-refractivity contribution >= 4 is 63.9 Å². The van der Waals surface area contributed by atoms with Crippen molar-refractivity contribution in [3.63, 3.8) is 0 Å². The molecule has 1 fully saturated rings. The molecule has 0 saturated carbocycles. The predicted octanol–water partition coefficient (Wildman–Crippen LogP) is 4.48. The molecule has 1 aliphatic heterocycles. The summed E-state index contributed by atoms with van der Waals surface area (Å²) >= 11 is 2.09. The number of hydrogen-bond donors (Lipinski definition) is 1. The van der Waals surface area contributed by atoms with Crippen molar-refractivity contribution in [3.05, 3.63) is 97.1 Å². The van der Waals surface area contributed by atoms with Crippen molar-refractivity contribution in [1.82, 2.24) is 5.32 Å². The number of rotatable bonds is 7. The third-order valence-electron chi connectivity index (χ3n) is 5.28. The number of amides is 4. The first kappa shape index (κ1) is 26.5. The number of nitro benzene ring substituents is 1. The van der Waals surface area contributed by atoms with Crippen LogP contribution in [0, 0.1) is 13.7 Å². The van der Waals surface area contributed by atoms with Gasteiger partial charge >= 0.3 is 12.0 Å². The van der Waals surface area contributed by atoms with Gasteiger partial charge in [0, 0.05) is 15.7 Å². The molecule has 11 nitrogen and oxygen atoms in total. The molecule has 12 heteroatoms. The Hall–Kier alpha value is -4.59. The lowest BCUT2D eigenvalue weighted by atomic mass is 10.1. The van der Waals surface area contributed by atoms with Crippen molar-refractivity contribution in [1.29, 1.82) is 0 Å². The van der Waals surface area contributed by atoms with E-state index >= 15 is 0 Å². The van der Waals surface area contributed by atoms with Gasteiger partial charge in [0.25, 0.3) is 17.5 Å². The van der Waals surface area contributed by atoms with E-state index in [9.17, 15) is 29.3 Å². The topological polar surface area (TPSA) is 145 Å². The highest BCUT2D eigenvalue weighted by Gasteiger charge is 2.36. The smallest absolute Gasteiger partial charge is 0.343 e. The third-order valence-corrected chi connectivity index (χ3v) is 6.00. The molecule has 0 aromatic heterocycles. The lowest BCUT2D eigenvalue weighted by Crippen LogP contribution is -2.54. The van der Waals surface area contributed by atoms with Crippen LogP contribution in [0.15, 0.2) is 72.3 Å². The molecular formula is C26H18IN3O8. The zero-order valence-electron chi connectivity index (χ0n) is 19.7. The van der Waals surface area contributed by atoms with Crippen LogP contribution in [-0.4, -0.2) is 35.3 Å². The number of benzene rings is 3. The first-order valence-electron chi connectivity index (χ1n) is 11.1. The predicted molar refractivity (Wildman–Crippen MR) is 144 cm³/mol. The lowest BCUT2D eigenvalue weighted by Gasteiger charge is -2.26. The van der Waals surface area contributed by atoms with Gasteiger partial charge in [0.2, 0.25) is 0 Å². The molecule has 192 valence electrons. The second-order valence-corrected chi connectivity index (χ2v) is 9.01. The molecule has 0 atom stereocenters. The first-order valence-corrected chi connectivity index (χ1v) is 12.2. The van der Waals surface area contributed by atoms with Crippen LogP contribution in [0.4, 0.5) is 16.2 Å². The zero-order valence-corrected chi connectivity index (χ0v) is 21.8. The van der Waals surface area contributed by atoms with Crippen molar-refractivity contribution in [3.8, 4) is 11.5 Å². The highest BCUT2D eigenvalue weighted by molar-refractivity contribution is 14.1. The number of esters is 1. The Balaban J connectivity index is 1.61. The van der Waals surface area contributed by atoms with Gasteiger partial charge in [-0.3, -0.25) is 25.0 Å². The van der Waals surface area contributed by atoms with Gasteiger partial charge in [-0.15, -0.1) is 0 Å². The summed E-state index contributed by atoms with van der Waals surface area (Å²) in [6.45, 7) is 1.94. The summed E-state index contributed by atoms with van der Waals surface area (Å²) in [7, 11) is 0. The minimum atomic E-state index is -0.859. The first-order chi connectivity index (χ1) is 18.2. The summed E-state index contributed by atoms with van der Waals surface area (Å²) < 4.78 is 11.9. The third kappa shape index (κ3) is 5.70. The molecule has 3 aromatic rings. The number of halogens is 1. The van der Waals surface area contributed by atoms with E-state index in [1.807, 2.05) is 0 Å². The molecule has 4 amide bonds. The highest BCUT2D eigenvalue weighted by Crippen LogP contribution is 2.31. The van der Waals surface area contributed by atoms with Crippen molar-refractivity contribution in [2.45, 2.75) is 6.92 Å². The molecule has 4 rings (SSSR count). The summed E-state index contributed by atoms with van der Waals surface area (Å²) in [6.07, 6.45) is 1.30. The van der Waals surface area contributed by atoms with Gasteiger partial charge in [0.15, 0.2) is 11.5 Å². The summed E-state index contributed by atoms with van der Waals surface area (Å²) in [6, 6.07) is 15.1. The fourth-order valence-corrected chi connectivity index (χ4v) is 3.85. The van der Waals surface area contributed by atoms with Crippen LogP contribution in [0.3, 0.4) is 0 Å². The number of nitrogens with one attached hydrogen (secondary N) is 1. The maximum atomic E-state index is 13.1. The van der Waals surface area contributed by atoms with Gasteiger partial charge in [-0.05, 0) is 89.7 Å². The Morgan fingerprint density at radius 1 is 1.03 bits per heavy atom. The summed E-state index contributed by atoms with van der Waals surface area (Å²) in [5, 5.41) is 13.0. The average Bonchev–Trinajstić information content (AvgIpc) is 2.89. The Kier molecular flexibility index (Phi) is 7.81. The molecule has 1 heterocycles. The van der Waals surface area contributed by atoms with E-state index in [-0.39, 0.29) is 34.9 Å². The van der Waals surface area contributed by atoms with Crippen molar-refractivity contribution < 1.29 is 33.6 Å². The standard InChI is InChI=1S/C26H18IN3O8/c1-2-37-22-14-15(3-12-21(22)38-25(33)16-4-8-19(9-5-16)30(35)36)13-20-23(31)28-26(34)29(24(20)32)18-10-6-17(27)7-11-18/h3-14H,2H2,1H3,(H,28,31,34)/b20-13+. The number of barbiturate groups is 1. The second kappa shape index (κ2) is 11.2. The number of hydrogen-bond acceptors (Lipinski definition) is 8. The number of carbonyl (C=O) groups excluding carboxylic acids is 4. The molecule has 1 aliphatic rings. The van der Waals surface area contributed by atoms with Crippen molar-refractivity contribution in [2.24, 2.45) is 0 Å². The fraction of sp³-hybridized carbons (Fsp3) is 0.0769. The average molecular weight is 627 g/mol. The highest BCUT2D eigenvalue weighted by atomic mass is 127. The second-order valence-electron chi connectivity index (χ2n) is 7.77. The van der Waals surface area contributed by atoms with Gasteiger partial charge in [0.05, 0.1) is 22.8 Å². The minimum Gasteiger partial charge on any atom is -0.490 e. The largest absolute Gasteiger partial charge is 0.490 e. The van der Waals surface area contributed by atoms with E-state index in [4.69, 9.17) is 9.47 Å². The number of non-ortho nitro benzene ring substituents is 1. The molecule has 0 unspecified atom stereocenters. The van der Waals surface area contributed by atoms with Gasteiger partial charge in [-0.2, -0.15) is 0 Å². The Morgan fingerprint density at radius 3 is 2.34 bits per heavy atom. The monoisotopic (exact) mass is 627 g/mol. The number of nitrogens with zero attached hydrogens (tertiary/aromatic N) is 2. The van der Waals surface area contributed by atoms with E-state index in [1.165, 1.54) is 48.5 Å². The van der Waals surface area contributed by atoms with Crippen LogP contribution < -0.4 is 19.7 Å². The Labute approximate surface area is 229 Å². The maximum Gasteiger partial charge on any atom is 0.343 e. The number of ether oxygens (including phenoxy) is 2. The number of nitro groups is 1. The molecular weight excluding hydrogens is 609 g/mol. The lowest BCUT2D eigenvalue weighted by molar-refractivity contribution is -0.384. The molecule has 0 aliphatic carbocycles. The molecule has 0 radical (unpaired) electrons. The number of carbonyl (C=O) groups is 4. The minimum absolute atomic E-state index is 0.0625. The SMILES string of the molecule is CCOc1cc(/C=C2\C(=O)NC(=O)N(c3ccc(I)cc3)C2=O)ccc1OC(=O)c1ccc([N+](=O)[O-])cc1. The van der Waals surface area contributed by atoms with Gasteiger partial charge in [-0.1, -0.05) is 6.07 Å². The molecule has 38 heavy (non-hydrogen) atoms. The van der Waals surface area contributed by atoms with Crippen LogP contribution >= 0.6 is 22.6 Å². The quantitative estimate of drug-likeness (QED) is 0.0768. The van der Waals surface area contributed by atoms with Gasteiger partial charge in [0.1, 0.15) is 5.57 Å². The Bertz CT molecular complexity index is 1480. The maximum absolute atomic E-state index is 13.1. The normalized spacial score (nSPS) is 14.3. The van der Waals surface area contributed by atoms with Crippen LogP contribution in [0.1, 0.15) is 22.8 Å². The molecule has 0 spiro atoms. The number of anilines is 1. The van der Waals surface area contributed by atoms with E-state index in [1.54, 1.807) is 31.2 Å². The van der Waals surface area contributed by atoms with Gasteiger partial charge < -0.3 is 9.47 Å². The summed E-state index contributed by atoms with van der Waals surface area (Å²) in [5.41, 5.74) is 0.321. The van der Waals surface area contributed by atoms with Gasteiger partial charge in [-0.25, -0.2) is 14.5 Å². The zero-order chi connectivity index (χ0) is 27.4. The van der Waals surface area contributed by atoms with Crippen LogP contribution in [0.5, 0.6) is 11.5 Å². The number of urea groups is 1. The Morgan fingerprint density at radius 2 is 1.71 bits per heavy atom. The summed E-state index contributed by atoms with van der Waals surface area (Å²) in [4.78, 5) is 61.7. The van der Waals surface area contributed by atoms with Crippen molar-refractivity contribution in [2.75, 3.05) is 11.5 Å². The molecule has 1 N–H and O–H groups in total.